The molecule has 0 amide bonds. The van der Waals surface area contributed by atoms with E-state index in [1.165, 1.54) is 18.5 Å². The number of nitrogens with zero attached hydrogens (tertiary/aromatic N) is 3. The van der Waals surface area contributed by atoms with Gasteiger partial charge in [-0.3, -0.25) is 5.10 Å². The molecular formula is C18H15N5OS. The fourth-order valence-electron chi connectivity index (χ4n) is 2.71. The minimum atomic E-state index is 0.534. The van der Waals surface area contributed by atoms with E-state index in [0.717, 1.165) is 27.5 Å². The van der Waals surface area contributed by atoms with Crippen LogP contribution in [0.25, 0.3) is 10.2 Å². The molecule has 0 bridgehead atoms. The number of nitrogens with one attached hydrogen (secondary N) is 2. The Balaban J connectivity index is 1.34. The van der Waals surface area contributed by atoms with Crippen molar-refractivity contribution in [3.8, 4) is 11.6 Å². The summed E-state index contributed by atoms with van der Waals surface area (Å²) in [5.74, 6) is 2.75. The third-order valence-electron chi connectivity index (χ3n) is 4.15. The van der Waals surface area contributed by atoms with Crippen LogP contribution in [-0.2, 0) is 0 Å². The van der Waals surface area contributed by atoms with Crippen LogP contribution in [-0.4, -0.2) is 20.2 Å². The molecule has 25 heavy (non-hydrogen) atoms. The molecule has 0 atom stereocenters. The van der Waals surface area contributed by atoms with Gasteiger partial charge in [0.05, 0.1) is 15.7 Å². The second kappa shape index (κ2) is 5.86. The Kier molecular flexibility index (Phi) is 3.38. The number of thiazole rings is 1. The molecule has 7 heteroatoms. The number of H-pyrrole nitrogens is 1. The highest BCUT2D eigenvalue weighted by atomic mass is 32.1. The van der Waals surface area contributed by atoms with Crippen molar-refractivity contribution >= 4 is 33.1 Å². The smallest absolute Gasteiger partial charge is 0.221 e. The highest BCUT2D eigenvalue weighted by molar-refractivity contribution is 7.16. The number of aromatic nitrogens is 4. The summed E-state index contributed by atoms with van der Waals surface area (Å²) in [4.78, 5) is 8.56. The highest BCUT2D eigenvalue weighted by Crippen LogP contribution is 2.39. The third-order valence-corrected chi connectivity index (χ3v) is 4.94. The first-order valence-electron chi connectivity index (χ1n) is 8.13. The Hall–Kier alpha value is -2.93. The predicted octanol–water partition coefficient (Wildman–Crippen LogP) is 4.83. The normalized spacial score (nSPS) is 13.9. The Bertz CT molecular complexity index is 1040. The third kappa shape index (κ3) is 3.06. The van der Waals surface area contributed by atoms with Crippen molar-refractivity contribution in [1.29, 1.82) is 0 Å². The monoisotopic (exact) mass is 349 g/mol. The lowest BCUT2D eigenvalue weighted by atomic mass is 10.3. The number of ether oxygens (including phenoxy) is 1. The fraction of sp³-hybridized carbons (Fsp3) is 0.167. The van der Waals surface area contributed by atoms with Crippen molar-refractivity contribution in [2.45, 2.75) is 18.8 Å². The predicted molar refractivity (Wildman–Crippen MR) is 97.8 cm³/mol. The lowest BCUT2D eigenvalue weighted by Crippen LogP contribution is -1.93. The van der Waals surface area contributed by atoms with Crippen LogP contribution in [0.5, 0.6) is 11.6 Å². The number of aromatic amines is 1. The molecule has 1 fully saturated rings. The summed E-state index contributed by atoms with van der Waals surface area (Å²) in [6.45, 7) is 0. The van der Waals surface area contributed by atoms with Gasteiger partial charge in [-0.2, -0.15) is 5.10 Å². The fourth-order valence-corrected chi connectivity index (χ4v) is 3.42. The first-order valence-corrected chi connectivity index (χ1v) is 9.01. The summed E-state index contributed by atoms with van der Waals surface area (Å²) in [6, 6.07) is 11.7. The number of rotatable bonds is 5. The Morgan fingerprint density at radius 1 is 1.12 bits per heavy atom. The standard InChI is InChI=1S/C18H15N5OS/c1-2-11(1)15-9-17(23-22-15)21-12-5-6-19-18(7-12)24-13-3-4-14-16(8-13)25-10-20-14/h3-11H,1-2H2,(H2,19,21,22,23). The van der Waals surface area contributed by atoms with Gasteiger partial charge in [0.1, 0.15) is 5.75 Å². The van der Waals surface area contributed by atoms with Crippen LogP contribution < -0.4 is 10.1 Å². The molecule has 3 heterocycles. The number of hydrogen-bond acceptors (Lipinski definition) is 6. The van der Waals surface area contributed by atoms with E-state index >= 15 is 0 Å². The van der Waals surface area contributed by atoms with Crippen molar-refractivity contribution in [2.24, 2.45) is 0 Å². The molecule has 1 saturated carbocycles. The number of benzene rings is 1. The summed E-state index contributed by atoms with van der Waals surface area (Å²) in [5.41, 5.74) is 4.89. The van der Waals surface area contributed by atoms with E-state index < -0.39 is 0 Å². The molecule has 6 nitrogen and oxygen atoms in total. The first-order chi connectivity index (χ1) is 12.3. The molecule has 5 rings (SSSR count). The van der Waals surface area contributed by atoms with Crippen molar-refractivity contribution in [3.63, 3.8) is 0 Å². The van der Waals surface area contributed by atoms with Gasteiger partial charge in [-0.15, -0.1) is 11.3 Å². The molecule has 1 aliphatic carbocycles. The summed E-state index contributed by atoms with van der Waals surface area (Å²) in [6.07, 6.45) is 4.22. The number of fused-ring (bicyclic) bond motifs is 1. The van der Waals surface area contributed by atoms with Crippen molar-refractivity contribution < 1.29 is 4.74 Å². The largest absolute Gasteiger partial charge is 0.439 e. The lowest BCUT2D eigenvalue weighted by molar-refractivity contribution is 0.464. The molecule has 0 aliphatic heterocycles. The Morgan fingerprint density at radius 3 is 3.00 bits per heavy atom. The number of pyridine rings is 1. The van der Waals surface area contributed by atoms with Gasteiger partial charge >= 0.3 is 0 Å². The van der Waals surface area contributed by atoms with Gasteiger partial charge in [0.25, 0.3) is 0 Å². The molecule has 0 saturated heterocycles. The molecule has 4 aromatic rings. The molecule has 1 aromatic carbocycles. The van der Waals surface area contributed by atoms with Crippen LogP contribution in [0, 0.1) is 0 Å². The second-order valence-corrected chi connectivity index (χ2v) is 6.96. The summed E-state index contributed by atoms with van der Waals surface area (Å²) >= 11 is 1.59. The van der Waals surface area contributed by atoms with Crippen molar-refractivity contribution in [1.82, 2.24) is 20.2 Å². The molecule has 0 radical (unpaired) electrons. The first kappa shape index (κ1) is 14.4. The van der Waals surface area contributed by atoms with E-state index in [1.54, 1.807) is 17.5 Å². The van der Waals surface area contributed by atoms with Gasteiger partial charge in [-0.1, -0.05) is 0 Å². The average Bonchev–Trinajstić information content (AvgIpc) is 3.18. The summed E-state index contributed by atoms with van der Waals surface area (Å²) in [5, 5.41) is 10.7. The second-order valence-electron chi connectivity index (χ2n) is 6.07. The number of hydrogen-bond donors (Lipinski definition) is 2. The molecule has 2 N–H and O–H groups in total. The zero-order valence-electron chi connectivity index (χ0n) is 13.3. The maximum Gasteiger partial charge on any atom is 0.221 e. The van der Waals surface area contributed by atoms with Crippen molar-refractivity contribution in [2.75, 3.05) is 5.32 Å². The van der Waals surface area contributed by atoms with Crippen LogP contribution in [0.3, 0.4) is 0 Å². The molecule has 1 aliphatic rings. The average molecular weight is 349 g/mol. The highest BCUT2D eigenvalue weighted by Gasteiger charge is 2.25. The zero-order chi connectivity index (χ0) is 16.6. The van der Waals surface area contributed by atoms with Crippen LogP contribution >= 0.6 is 11.3 Å². The maximum atomic E-state index is 5.89. The van der Waals surface area contributed by atoms with Gasteiger partial charge in [-0.05, 0) is 31.0 Å². The molecular weight excluding hydrogens is 334 g/mol. The van der Waals surface area contributed by atoms with E-state index in [1.807, 2.05) is 35.8 Å². The maximum absolute atomic E-state index is 5.89. The molecule has 0 unspecified atom stereocenters. The van der Waals surface area contributed by atoms with Crippen LogP contribution in [0.1, 0.15) is 24.5 Å². The van der Waals surface area contributed by atoms with Gasteiger partial charge in [0.2, 0.25) is 5.88 Å². The minimum Gasteiger partial charge on any atom is -0.439 e. The van der Waals surface area contributed by atoms with Crippen LogP contribution in [0.15, 0.2) is 48.1 Å². The van der Waals surface area contributed by atoms with E-state index in [9.17, 15) is 0 Å². The van der Waals surface area contributed by atoms with E-state index in [-0.39, 0.29) is 0 Å². The van der Waals surface area contributed by atoms with Gasteiger partial charge in [0, 0.05) is 41.7 Å². The van der Waals surface area contributed by atoms with Crippen LogP contribution in [0.2, 0.25) is 0 Å². The van der Waals surface area contributed by atoms with E-state index in [0.29, 0.717) is 11.8 Å². The van der Waals surface area contributed by atoms with Gasteiger partial charge in [0.15, 0.2) is 5.82 Å². The quantitative estimate of drug-likeness (QED) is 0.540. The van der Waals surface area contributed by atoms with E-state index in [4.69, 9.17) is 4.74 Å². The Labute approximate surface area is 147 Å². The molecule has 0 spiro atoms. The molecule has 3 aromatic heterocycles. The van der Waals surface area contributed by atoms with Gasteiger partial charge < -0.3 is 10.1 Å². The van der Waals surface area contributed by atoms with Crippen LogP contribution in [0.4, 0.5) is 11.5 Å². The topological polar surface area (TPSA) is 75.7 Å². The minimum absolute atomic E-state index is 0.534. The van der Waals surface area contributed by atoms with E-state index in [2.05, 4.69) is 31.5 Å². The van der Waals surface area contributed by atoms with Gasteiger partial charge in [-0.25, -0.2) is 9.97 Å². The zero-order valence-corrected chi connectivity index (χ0v) is 14.1. The lowest BCUT2D eigenvalue weighted by Gasteiger charge is -2.07. The number of anilines is 2. The SMILES string of the molecule is c1cc(Nc2cc(C3CC3)[nH]n2)cc(Oc2ccc3ncsc3c2)n1. The summed E-state index contributed by atoms with van der Waals surface area (Å²) in [7, 11) is 0. The Morgan fingerprint density at radius 2 is 2.08 bits per heavy atom. The molecule has 124 valence electrons. The van der Waals surface area contributed by atoms with Crippen molar-refractivity contribution in [3.05, 3.63) is 53.8 Å². The summed E-state index contributed by atoms with van der Waals surface area (Å²) < 4.78 is 6.98.